The molecule has 0 spiro atoms. The van der Waals surface area contributed by atoms with Gasteiger partial charge in [0.05, 0.1) is 11.1 Å². The second-order valence-electron chi connectivity index (χ2n) is 8.72. The van der Waals surface area contributed by atoms with Gasteiger partial charge in [-0.3, -0.25) is 19.8 Å². The zero-order valence-electron chi connectivity index (χ0n) is 17.3. The second-order valence-corrected chi connectivity index (χ2v) is 8.72. The van der Waals surface area contributed by atoms with Gasteiger partial charge in [0.1, 0.15) is 5.60 Å². The Bertz CT molecular complexity index is 990. The van der Waals surface area contributed by atoms with Gasteiger partial charge in [0.25, 0.3) is 11.8 Å². The molecule has 0 saturated carbocycles. The van der Waals surface area contributed by atoms with Crippen molar-refractivity contribution >= 4 is 29.3 Å². The van der Waals surface area contributed by atoms with E-state index in [2.05, 4.69) is 10.6 Å². The fourth-order valence-corrected chi connectivity index (χ4v) is 3.85. The molecule has 0 saturated heterocycles. The Balaban J connectivity index is 1.41. The molecule has 1 atom stereocenters. The third kappa shape index (κ3) is 4.01. The average Bonchev–Trinajstić information content (AvgIpc) is 2.92. The third-order valence-corrected chi connectivity index (χ3v) is 5.16. The monoisotopic (exact) mass is 407 g/mol. The topological polar surface area (TPSA) is 87.7 Å². The van der Waals surface area contributed by atoms with Crippen LogP contribution in [0.25, 0.3) is 0 Å². The fourth-order valence-electron chi connectivity index (χ4n) is 3.85. The molecule has 0 aliphatic carbocycles. The molecule has 0 unspecified atom stereocenters. The second kappa shape index (κ2) is 7.48. The summed E-state index contributed by atoms with van der Waals surface area (Å²) in [7, 11) is 0. The Morgan fingerprint density at radius 3 is 2.43 bits per heavy atom. The molecule has 156 valence electrons. The van der Waals surface area contributed by atoms with Crippen molar-refractivity contribution in [3.05, 3.63) is 59.2 Å². The van der Waals surface area contributed by atoms with Gasteiger partial charge < -0.3 is 10.1 Å². The highest BCUT2D eigenvalue weighted by molar-refractivity contribution is 6.21. The van der Waals surface area contributed by atoms with Crippen molar-refractivity contribution in [3.8, 4) is 0 Å². The predicted molar refractivity (Wildman–Crippen MR) is 114 cm³/mol. The van der Waals surface area contributed by atoms with Crippen LogP contribution >= 0.6 is 0 Å². The van der Waals surface area contributed by atoms with Gasteiger partial charge >= 0.3 is 6.09 Å². The van der Waals surface area contributed by atoms with Gasteiger partial charge in [-0.1, -0.05) is 18.2 Å². The molecule has 2 heterocycles. The number of nitrogens with one attached hydrogen (secondary N) is 2. The lowest BCUT2D eigenvalue weighted by Gasteiger charge is -2.29. The summed E-state index contributed by atoms with van der Waals surface area (Å²) in [4.78, 5) is 38.5. The van der Waals surface area contributed by atoms with Crippen molar-refractivity contribution in [1.82, 2.24) is 4.90 Å². The third-order valence-electron chi connectivity index (χ3n) is 5.16. The largest absolute Gasteiger partial charge is 0.444 e. The highest BCUT2D eigenvalue weighted by atomic mass is 16.6. The maximum absolute atomic E-state index is 12.6. The summed E-state index contributed by atoms with van der Waals surface area (Å²) in [5, 5.41) is 6.10. The molecule has 30 heavy (non-hydrogen) atoms. The van der Waals surface area contributed by atoms with Crippen LogP contribution in [0, 0.1) is 5.92 Å². The first-order valence-electron chi connectivity index (χ1n) is 10.0. The minimum absolute atomic E-state index is 0.115. The molecule has 7 heteroatoms. The van der Waals surface area contributed by atoms with Crippen molar-refractivity contribution in [2.45, 2.75) is 32.8 Å². The number of amides is 3. The Morgan fingerprint density at radius 2 is 1.80 bits per heavy atom. The summed E-state index contributed by atoms with van der Waals surface area (Å²) in [5.74, 6) is -0.332. The number of ether oxygens (including phenoxy) is 1. The maximum atomic E-state index is 12.6. The SMILES string of the molecule is CC(C)(C)OC(=O)Nc1ccc2c(c1)NC[C@H](CN1C(=O)c3ccccc3C1=O)C2. The lowest BCUT2D eigenvalue weighted by atomic mass is 9.93. The highest BCUT2D eigenvalue weighted by Crippen LogP contribution is 2.30. The number of hydrogen-bond acceptors (Lipinski definition) is 5. The molecule has 2 aromatic rings. The van der Waals surface area contributed by atoms with E-state index in [0.29, 0.717) is 29.9 Å². The summed E-state index contributed by atoms with van der Waals surface area (Å²) in [6, 6.07) is 12.6. The van der Waals surface area contributed by atoms with Crippen molar-refractivity contribution in [2.24, 2.45) is 5.92 Å². The Kier molecular flexibility index (Phi) is 4.97. The molecule has 2 N–H and O–H groups in total. The van der Waals surface area contributed by atoms with Gasteiger partial charge in [-0.25, -0.2) is 4.79 Å². The molecule has 0 bridgehead atoms. The molecule has 7 nitrogen and oxygen atoms in total. The van der Waals surface area contributed by atoms with E-state index in [1.54, 1.807) is 24.3 Å². The van der Waals surface area contributed by atoms with Gasteiger partial charge in [-0.05, 0) is 62.9 Å². The molecule has 0 fully saturated rings. The standard InChI is InChI=1S/C23H25N3O4/c1-23(2,3)30-22(29)25-16-9-8-15-10-14(12-24-19(15)11-16)13-26-20(27)17-6-4-5-7-18(17)21(26)28/h4-9,11,14,24H,10,12-13H2,1-3H3,(H,25,29)/t14-/m1/s1. The molecular formula is C23H25N3O4. The smallest absolute Gasteiger partial charge is 0.412 e. The van der Waals surface area contributed by atoms with Gasteiger partial charge in [0.2, 0.25) is 0 Å². The zero-order chi connectivity index (χ0) is 21.5. The van der Waals surface area contributed by atoms with Crippen LogP contribution < -0.4 is 10.6 Å². The van der Waals surface area contributed by atoms with Crippen molar-refractivity contribution in [3.63, 3.8) is 0 Å². The van der Waals surface area contributed by atoms with Crippen LogP contribution in [0.1, 0.15) is 47.1 Å². The Morgan fingerprint density at radius 1 is 1.13 bits per heavy atom. The summed E-state index contributed by atoms with van der Waals surface area (Å²) in [6.07, 6.45) is 0.240. The summed E-state index contributed by atoms with van der Waals surface area (Å²) >= 11 is 0. The number of benzene rings is 2. The average molecular weight is 407 g/mol. The zero-order valence-corrected chi connectivity index (χ0v) is 17.3. The quantitative estimate of drug-likeness (QED) is 0.753. The molecule has 3 amide bonds. The lowest BCUT2D eigenvalue weighted by molar-refractivity contribution is 0.0620. The van der Waals surface area contributed by atoms with E-state index in [1.807, 2.05) is 39.0 Å². The van der Waals surface area contributed by atoms with E-state index < -0.39 is 11.7 Å². The summed E-state index contributed by atoms with van der Waals surface area (Å²) in [5.41, 5.74) is 3.05. The van der Waals surface area contributed by atoms with Crippen molar-refractivity contribution in [2.75, 3.05) is 23.7 Å². The Hall–Kier alpha value is -3.35. The number of fused-ring (bicyclic) bond motifs is 2. The van der Waals surface area contributed by atoms with Crippen LogP contribution in [0.3, 0.4) is 0 Å². The van der Waals surface area contributed by atoms with Gasteiger partial charge in [0.15, 0.2) is 0 Å². The molecule has 0 aromatic heterocycles. The van der Waals surface area contributed by atoms with Gasteiger partial charge in [-0.15, -0.1) is 0 Å². The molecular weight excluding hydrogens is 382 g/mol. The number of nitrogens with zero attached hydrogens (tertiary/aromatic N) is 1. The van der Waals surface area contributed by atoms with Crippen LogP contribution in [-0.4, -0.2) is 41.5 Å². The maximum Gasteiger partial charge on any atom is 0.412 e. The van der Waals surface area contributed by atoms with E-state index in [4.69, 9.17) is 4.74 Å². The van der Waals surface area contributed by atoms with Crippen LogP contribution in [0.2, 0.25) is 0 Å². The molecule has 2 aliphatic rings. The van der Waals surface area contributed by atoms with E-state index >= 15 is 0 Å². The first kappa shape index (κ1) is 19.9. The van der Waals surface area contributed by atoms with Gasteiger partial charge in [0, 0.05) is 24.5 Å². The number of carbonyl (C=O) groups excluding carboxylic acids is 3. The van der Waals surface area contributed by atoms with Crippen LogP contribution in [0.5, 0.6) is 0 Å². The van der Waals surface area contributed by atoms with Crippen LogP contribution in [0.15, 0.2) is 42.5 Å². The van der Waals surface area contributed by atoms with Crippen LogP contribution in [-0.2, 0) is 11.2 Å². The number of imide groups is 1. The summed E-state index contributed by atoms with van der Waals surface area (Å²) in [6.45, 7) is 6.45. The summed E-state index contributed by atoms with van der Waals surface area (Å²) < 4.78 is 5.28. The van der Waals surface area contributed by atoms with E-state index in [0.717, 1.165) is 17.7 Å². The van der Waals surface area contributed by atoms with E-state index in [9.17, 15) is 14.4 Å². The number of anilines is 2. The number of rotatable bonds is 3. The molecule has 4 rings (SSSR count). The van der Waals surface area contributed by atoms with E-state index in [1.165, 1.54) is 4.90 Å². The van der Waals surface area contributed by atoms with Crippen molar-refractivity contribution in [1.29, 1.82) is 0 Å². The van der Waals surface area contributed by atoms with E-state index in [-0.39, 0.29) is 17.7 Å². The predicted octanol–water partition coefficient (Wildman–Crippen LogP) is 3.91. The van der Waals surface area contributed by atoms with Gasteiger partial charge in [-0.2, -0.15) is 0 Å². The highest BCUT2D eigenvalue weighted by Gasteiger charge is 2.36. The number of carbonyl (C=O) groups is 3. The fraction of sp³-hybridized carbons (Fsp3) is 0.348. The number of hydrogen-bond donors (Lipinski definition) is 2. The Labute approximate surface area is 175 Å². The lowest BCUT2D eigenvalue weighted by Crippen LogP contribution is -2.39. The first-order chi connectivity index (χ1) is 14.2. The molecule has 2 aromatic carbocycles. The minimum Gasteiger partial charge on any atom is -0.444 e. The molecule has 2 aliphatic heterocycles. The minimum atomic E-state index is -0.562. The first-order valence-corrected chi connectivity index (χ1v) is 10.0. The van der Waals surface area contributed by atoms with Crippen LogP contribution in [0.4, 0.5) is 16.2 Å². The molecule has 0 radical (unpaired) electrons. The normalized spacial score (nSPS) is 17.8. The van der Waals surface area contributed by atoms with Crippen molar-refractivity contribution < 1.29 is 19.1 Å².